The first kappa shape index (κ1) is 9.15. The van der Waals surface area contributed by atoms with E-state index >= 15 is 0 Å². The smallest absolute Gasteiger partial charge is 0.113 e. The minimum absolute atomic E-state index is 0.100. The maximum atomic E-state index is 9.24. The van der Waals surface area contributed by atoms with Crippen molar-refractivity contribution >= 4 is 11.0 Å². The van der Waals surface area contributed by atoms with Gasteiger partial charge in [0.2, 0.25) is 0 Å². The molecule has 0 spiro atoms. The largest absolute Gasteiger partial charge is 0.508 e. The summed E-state index contributed by atoms with van der Waals surface area (Å²) in [4.78, 5) is 1.70. The average molecular weight is 213 g/mol. The van der Waals surface area contributed by atoms with Gasteiger partial charge in [-0.3, -0.25) is 0 Å². The van der Waals surface area contributed by atoms with Crippen molar-refractivity contribution in [1.82, 2.24) is 15.0 Å². The molecule has 0 amide bonds. The van der Waals surface area contributed by atoms with Gasteiger partial charge < -0.3 is 5.11 Å². The van der Waals surface area contributed by atoms with Crippen molar-refractivity contribution in [3.8, 4) is 0 Å². The number of hydrogen-bond acceptors (Lipinski definition) is 3. The molecule has 1 aliphatic carbocycles. The Labute approximate surface area is 92.5 Å². The molecule has 1 aromatic carbocycles. The van der Waals surface area contributed by atoms with Gasteiger partial charge in [-0.15, -0.1) is 0 Å². The summed E-state index contributed by atoms with van der Waals surface area (Å²) in [5, 5.41) is 18.0. The van der Waals surface area contributed by atoms with Crippen LogP contribution in [-0.4, -0.2) is 20.1 Å². The standard InChI is InChI=1S/C12H11N3O/c16-10-7-5-9(6-8-10)15-13-11-3-1-2-4-12(11)14-15/h1-5,7-9,16H,6H2. The van der Waals surface area contributed by atoms with Crippen molar-refractivity contribution in [1.29, 1.82) is 0 Å². The lowest BCUT2D eigenvalue weighted by Crippen LogP contribution is -2.11. The van der Waals surface area contributed by atoms with Crippen molar-refractivity contribution in [3.05, 3.63) is 48.3 Å². The highest BCUT2D eigenvalue weighted by Crippen LogP contribution is 2.20. The number of aromatic nitrogens is 3. The second kappa shape index (κ2) is 3.48. The van der Waals surface area contributed by atoms with E-state index < -0.39 is 0 Å². The number of benzene rings is 1. The van der Waals surface area contributed by atoms with Gasteiger partial charge in [-0.05, 0) is 30.7 Å². The molecule has 4 heteroatoms. The van der Waals surface area contributed by atoms with Gasteiger partial charge in [0.15, 0.2) is 0 Å². The maximum Gasteiger partial charge on any atom is 0.113 e. The molecule has 1 aliphatic rings. The quantitative estimate of drug-likeness (QED) is 0.791. The molecule has 0 radical (unpaired) electrons. The molecule has 1 heterocycles. The Morgan fingerprint density at radius 2 is 1.88 bits per heavy atom. The lowest BCUT2D eigenvalue weighted by atomic mass is 10.1. The van der Waals surface area contributed by atoms with Crippen molar-refractivity contribution < 1.29 is 5.11 Å². The van der Waals surface area contributed by atoms with E-state index in [9.17, 15) is 5.11 Å². The zero-order valence-corrected chi connectivity index (χ0v) is 8.61. The van der Waals surface area contributed by atoms with Crippen LogP contribution in [0.4, 0.5) is 0 Å². The number of fused-ring (bicyclic) bond motifs is 1. The molecule has 3 rings (SSSR count). The van der Waals surface area contributed by atoms with Crippen LogP contribution in [0.15, 0.2) is 48.3 Å². The summed E-state index contributed by atoms with van der Waals surface area (Å²) in [5.74, 6) is 0.313. The Kier molecular flexibility index (Phi) is 1.99. The summed E-state index contributed by atoms with van der Waals surface area (Å²) < 4.78 is 0. The summed E-state index contributed by atoms with van der Waals surface area (Å²) in [7, 11) is 0. The van der Waals surface area contributed by atoms with E-state index in [2.05, 4.69) is 10.2 Å². The van der Waals surface area contributed by atoms with Gasteiger partial charge in [-0.1, -0.05) is 18.2 Å². The van der Waals surface area contributed by atoms with Crippen LogP contribution < -0.4 is 0 Å². The molecule has 2 aromatic rings. The summed E-state index contributed by atoms with van der Waals surface area (Å²) in [6.07, 6.45) is 6.10. The van der Waals surface area contributed by atoms with Crippen LogP contribution in [0.3, 0.4) is 0 Å². The fourth-order valence-corrected chi connectivity index (χ4v) is 1.79. The van der Waals surface area contributed by atoms with Crippen molar-refractivity contribution in [2.45, 2.75) is 12.5 Å². The highest BCUT2D eigenvalue weighted by Gasteiger charge is 2.13. The van der Waals surface area contributed by atoms with Gasteiger partial charge in [0, 0.05) is 0 Å². The summed E-state index contributed by atoms with van der Waals surface area (Å²) in [6.45, 7) is 0. The molecule has 1 N–H and O–H groups in total. The first-order valence-corrected chi connectivity index (χ1v) is 5.22. The second-order valence-corrected chi connectivity index (χ2v) is 3.80. The first-order valence-electron chi connectivity index (χ1n) is 5.22. The fraction of sp³-hybridized carbons (Fsp3) is 0.167. The van der Waals surface area contributed by atoms with Gasteiger partial charge in [0.1, 0.15) is 16.8 Å². The predicted octanol–water partition coefficient (Wildman–Crippen LogP) is 2.37. The molecule has 0 saturated heterocycles. The maximum absolute atomic E-state index is 9.24. The Hall–Kier alpha value is -2.10. The minimum Gasteiger partial charge on any atom is -0.508 e. The van der Waals surface area contributed by atoms with E-state index in [1.807, 2.05) is 30.3 Å². The highest BCUT2D eigenvalue weighted by molar-refractivity contribution is 5.73. The molecule has 0 fully saturated rings. The number of rotatable bonds is 1. The molecular formula is C12H11N3O. The lowest BCUT2D eigenvalue weighted by molar-refractivity contribution is 0.409. The minimum atomic E-state index is 0.100. The molecule has 1 atom stereocenters. The number of allylic oxidation sites excluding steroid dienone is 3. The van der Waals surface area contributed by atoms with Crippen molar-refractivity contribution in [2.75, 3.05) is 0 Å². The van der Waals surface area contributed by atoms with Crippen LogP contribution >= 0.6 is 0 Å². The van der Waals surface area contributed by atoms with Gasteiger partial charge in [0.05, 0.1) is 6.04 Å². The number of aliphatic hydroxyl groups is 1. The third-order valence-electron chi connectivity index (χ3n) is 2.66. The van der Waals surface area contributed by atoms with Crippen LogP contribution in [0.2, 0.25) is 0 Å². The molecule has 16 heavy (non-hydrogen) atoms. The van der Waals surface area contributed by atoms with E-state index in [1.54, 1.807) is 16.9 Å². The predicted molar refractivity (Wildman–Crippen MR) is 61.0 cm³/mol. The van der Waals surface area contributed by atoms with Gasteiger partial charge in [0.25, 0.3) is 0 Å². The molecular weight excluding hydrogens is 202 g/mol. The van der Waals surface area contributed by atoms with E-state index in [0.29, 0.717) is 5.76 Å². The summed E-state index contributed by atoms with van der Waals surface area (Å²) in [5.41, 5.74) is 1.80. The Morgan fingerprint density at radius 3 is 2.44 bits per heavy atom. The van der Waals surface area contributed by atoms with Gasteiger partial charge in [-0.25, -0.2) is 0 Å². The Morgan fingerprint density at radius 1 is 1.19 bits per heavy atom. The second-order valence-electron chi connectivity index (χ2n) is 3.80. The van der Waals surface area contributed by atoms with Gasteiger partial charge >= 0.3 is 0 Å². The Bertz CT molecular complexity index is 550. The van der Waals surface area contributed by atoms with E-state index in [4.69, 9.17) is 0 Å². The SMILES string of the molecule is OC1=CCC(n2nc3ccccc3n2)C=C1. The summed E-state index contributed by atoms with van der Waals surface area (Å²) in [6, 6.07) is 7.88. The van der Waals surface area contributed by atoms with Crippen LogP contribution in [0.1, 0.15) is 12.5 Å². The van der Waals surface area contributed by atoms with Crippen molar-refractivity contribution in [2.24, 2.45) is 0 Å². The molecule has 0 aliphatic heterocycles. The highest BCUT2D eigenvalue weighted by atomic mass is 16.3. The zero-order valence-electron chi connectivity index (χ0n) is 8.61. The van der Waals surface area contributed by atoms with Crippen LogP contribution in [-0.2, 0) is 0 Å². The van der Waals surface area contributed by atoms with Crippen LogP contribution in [0.5, 0.6) is 0 Å². The Balaban J connectivity index is 1.98. The molecule has 0 saturated carbocycles. The molecule has 4 nitrogen and oxygen atoms in total. The van der Waals surface area contributed by atoms with E-state index in [-0.39, 0.29) is 6.04 Å². The fourth-order valence-electron chi connectivity index (χ4n) is 1.79. The lowest BCUT2D eigenvalue weighted by Gasteiger charge is -2.12. The molecule has 80 valence electrons. The monoisotopic (exact) mass is 213 g/mol. The van der Waals surface area contributed by atoms with E-state index in [0.717, 1.165) is 17.5 Å². The molecule has 1 unspecified atom stereocenters. The zero-order chi connectivity index (χ0) is 11.0. The number of nitrogens with zero attached hydrogens (tertiary/aromatic N) is 3. The normalized spacial score (nSPS) is 20.0. The van der Waals surface area contributed by atoms with Crippen LogP contribution in [0.25, 0.3) is 11.0 Å². The van der Waals surface area contributed by atoms with E-state index in [1.165, 1.54) is 0 Å². The van der Waals surface area contributed by atoms with Crippen LogP contribution in [0, 0.1) is 0 Å². The molecule has 1 aromatic heterocycles. The number of hydrogen-bond donors (Lipinski definition) is 1. The van der Waals surface area contributed by atoms with Gasteiger partial charge in [-0.2, -0.15) is 15.0 Å². The van der Waals surface area contributed by atoms with Crippen molar-refractivity contribution in [3.63, 3.8) is 0 Å². The molecule has 0 bridgehead atoms. The first-order chi connectivity index (χ1) is 7.83. The summed E-state index contributed by atoms with van der Waals surface area (Å²) >= 11 is 0. The third kappa shape index (κ3) is 1.48. The average Bonchev–Trinajstić information content (AvgIpc) is 2.73. The number of aliphatic hydroxyl groups excluding tert-OH is 1. The topological polar surface area (TPSA) is 50.9 Å². The third-order valence-corrected chi connectivity index (χ3v) is 2.66.